The summed E-state index contributed by atoms with van der Waals surface area (Å²) in [6, 6.07) is 0.892. The molecule has 0 aromatic carbocycles. The molecule has 0 heterocycles. The van der Waals surface area contributed by atoms with Gasteiger partial charge in [-0.1, -0.05) is 6.08 Å². The topological polar surface area (TPSA) is 35.2 Å². The molecule has 0 saturated heterocycles. The van der Waals surface area contributed by atoms with E-state index in [9.17, 15) is 0 Å². The second-order valence-corrected chi connectivity index (χ2v) is 4.73. The lowest BCUT2D eigenvalue weighted by molar-refractivity contribution is 0.635. The first-order valence-corrected chi connectivity index (χ1v) is 4.97. The molecule has 42 valence electrons. The van der Waals surface area contributed by atoms with Crippen LogP contribution in [0.4, 0.5) is 0 Å². The van der Waals surface area contributed by atoms with Crippen molar-refractivity contribution in [2.75, 3.05) is 0 Å². The maximum atomic E-state index is 5.46. The molecule has 2 N–H and O–H groups in total. The molecule has 0 aliphatic carbocycles. The van der Waals surface area contributed by atoms with Crippen molar-refractivity contribution in [2.45, 2.75) is 6.04 Å². The van der Waals surface area contributed by atoms with E-state index < -0.39 is 9.20 Å². The van der Waals surface area contributed by atoms with Gasteiger partial charge in [-0.15, -0.1) is 6.58 Å². The maximum Gasteiger partial charge on any atom is 0.242 e. The lowest BCUT2D eigenvalue weighted by Gasteiger charge is -2.00. The number of rotatable bonds is 3. The summed E-state index contributed by atoms with van der Waals surface area (Å²) in [6.45, 7) is 3.54. The minimum atomic E-state index is -1.24. The van der Waals surface area contributed by atoms with Gasteiger partial charge in [-0.3, -0.25) is 0 Å². The lowest BCUT2D eigenvalue weighted by atomic mass is 10.8. The SMILES string of the molecule is C=CC[SiH](N)O[SiH3]. The average molecular weight is 133 g/mol. The molecule has 0 saturated carbocycles. The molecule has 0 rings (SSSR count). The maximum absolute atomic E-state index is 5.46. The molecule has 0 aliphatic heterocycles. The normalized spacial score (nSPS) is 13.9. The summed E-state index contributed by atoms with van der Waals surface area (Å²) in [5.41, 5.74) is 0. The van der Waals surface area contributed by atoms with Crippen molar-refractivity contribution >= 4 is 19.7 Å². The summed E-state index contributed by atoms with van der Waals surface area (Å²) in [4.78, 5) is 0. The fraction of sp³-hybridized carbons (Fsp3) is 0.333. The van der Waals surface area contributed by atoms with Crippen LogP contribution in [-0.2, 0) is 4.12 Å². The van der Waals surface area contributed by atoms with Crippen molar-refractivity contribution in [3.8, 4) is 0 Å². The van der Waals surface area contributed by atoms with Crippen molar-refractivity contribution < 1.29 is 4.12 Å². The highest BCUT2D eigenvalue weighted by Gasteiger charge is 1.95. The second kappa shape index (κ2) is 4.26. The van der Waals surface area contributed by atoms with E-state index >= 15 is 0 Å². The van der Waals surface area contributed by atoms with Gasteiger partial charge in [-0.05, 0) is 6.04 Å². The fourth-order valence-corrected chi connectivity index (χ4v) is 1.36. The molecule has 7 heavy (non-hydrogen) atoms. The highest BCUT2D eigenvalue weighted by Crippen LogP contribution is 1.82. The summed E-state index contributed by atoms with van der Waals surface area (Å²) in [6.07, 6.45) is 1.81. The van der Waals surface area contributed by atoms with E-state index in [-0.39, 0.29) is 0 Å². The Hall–Kier alpha value is 0.0938. The molecule has 1 atom stereocenters. The molecule has 0 radical (unpaired) electrons. The third kappa shape index (κ3) is 3.94. The van der Waals surface area contributed by atoms with E-state index in [1.54, 1.807) is 0 Å². The predicted molar refractivity (Wildman–Crippen MR) is 37.4 cm³/mol. The Balaban J connectivity index is 2.98. The van der Waals surface area contributed by atoms with Crippen molar-refractivity contribution in [1.29, 1.82) is 0 Å². The van der Waals surface area contributed by atoms with Crippen LogP contribution in [0.1, 0.15) is 0 Å². The molecule has 0 fully saturated rings. The van der Waals surface area contributed by atoms with E-state index in [2.05, 4.69) is 6.58 Å². The van der Waals surface area contributed by atoms with Crippen molar-refractivity contribution in [1.82, 2.24) is 0 Å². The number of hydrogen-bond acceptors (Lipinski definition) is 2. The first kappa shape index (κ1) is 7.09. The third-order valence-electron chi connectivity index (χ3n) is 0.702. The quantitative estimate of drug-likeness (QED) is 0.382. The minimum absolute atomic E-state index is 0.776. The van der Waals surface area contributed by atoms with E-state index in [4.69, 9.17) is 9.51 Å². The standard InChI is InChI=1S/C3H11NOSi2/c1-2-3-7(4)5-6/h2,7H,1,3-4H2,6H3. The highest BCUT2D eigenvalue weighted by molar-refractivity contribution is 6.52. The molecule has 0 amide bonds. The van der Waals surface area contributed by atoms with Crippen molar-refractivity contribution in [2.24, 2.45) is 5.40 Å². The van der Waals surface area contributed by atoms with Crippen LogP contribution in [-0.4, -0.2) is 19.7 Å². The largest absolute Gasteiger partial charge is 0.455 e. The number of hydrogen-bond donors (Lipinski definition) is 1. The van der Waals surface area contributed by atoms with Crippen LogP contribution in [0, 0.1) is 0 Å². The zero-order chi connectivity index (χ0) is 5.70. The Bertz CT molecular complexity index is 58.9. The average Bonchev–Trinajstić information content (AvgIpc) is 1.68. The van der Waals surface area contributed by atoms with Gasteiger partial charge in [0.25, 0.3) is 0 Å². The van der Waals surface area contributed by atoms with Gasteiger partial charge in [0, 0.05) is 0 Å². The van der Waals surface area contributed by atoms with E-state index in [1.165, 1.54) is 0 Å². The molecule has 0 aliphatic rings. The van der Waals surface area contributed by atoms with Crippen LogP contribution < -0.4 is 5.40 Å². The Labute approximate surface area is 48.7 Å². The third-order valence-corrected chi connectivity index (χ3v) is 3.92. The summed E-state index contributed by atoms with van der Waals surface area (Å²) >= 11 is 0. The molecule has 2 nitrogen and oxygen atoms in total. The van der Waals surface area contributed by atoms with Gasteiger partial charge in [0.05, 0.1) is 0 Å². The Morgan fingerprint density at radius 3 is 2.71 bits per heavy atom. The molecule has 0 bridgehead atoms. The van der Waals surface area contributed by atoms with Crippen LogP contribution in [0.15, 0.2) is 12.7 Å². The summed E-state index contributed by atoms with van der Waals surface area (Å²) < 4.78 is 4.97. The Morgan fingerprint density at radius 1 is 2.00 bits per heavy atom. The molecule has 0 aromatic heterocycles. The summed E-state index contributed by atoms with van der Waals surface area (Å²) in [7, 11) is -0.462. The summed E-state index contributed by atoms with van der Waals surface area (Å²) in [5.74, 6) is 0. The predicted octanol–water partition coefficient (Wildman–Crippen LogP) is -1.35. The van der Waals surface area contributed by atoms with Crippen LogP contribution in [0.2, 0.25) is 6.04 Å². The molecule has 0 aromatic rings. The van der Waals surface area contributed by atoms with Crippen LogP contribution in [0.3, 0.4) is 0 Å². The van der Waals surface area contributed by atoms with Gasteiger partial charge in [0.1, 0.15) is 10.5 Å². The molecule has 0 spiro atoms. The number of allylic oxidation sites excluding steroid dienone is 1. The monoisotopic (exact) mass is 133 g/mol. The lowest BCUT2D eigenvalue weighted by Crippen LogP contribution is -2.27. The minimum Gasteiger partial charge on any atom is -0.455 e. The van der Waals surface area contributed by atoms with Gasteiger partial charge >= 0.3 is 0 Å². The van der Waals surface area contributed by atoms with Gasteiger partial charge < -0.3 is 9.51 Å². The van der Waals surface area contributed by atoms with E-state index in [1.807, 2.05) is 6.08 Å². The van der Waals surface area contributed by atoms with Gasteiger partial charge in [0.2, 0.25) is 9.20 Å². The van der Waals surface area contributed by atoms with Crippen molar-refractivity contribution in [3.63, 3.8) is 0 Å². The highest BCUT2D eigenvalue weighted by atomic mass is 28.3. The summed E-state index contributed by atoms with van der Waals surface area (Å²) in [5, 5.41) is 5.46. The molecule has 4 heteroatoms. The second-order valence-electron chi connectivity index (χ2n) is 1.30. The smallest absolute Gasteiger partial charge is 0.242 e. The molecular weight excluding hydrogens is 122 g/mol. The van der Waals surface area contributed by atoms with Gasteiger partial charge in [-0.25, -0.2) is 0 Å². The number of nitrogens with two attached hydrogens (primary N) is 1. The first-order valence-electron chi connectivity index (χ1n) is 2.20. The zero-order valence-corrected chi connectivity index (χ0v) is 7.71. The van der Waals surface area contributed by atoms with Crippen LogP contribution >= 0.6 is 0 Å². The molecular formula is C3H11NOSi2. The van der Waals surface area contributed by atoms with Gasteiger partial charge in [0.15, 0.2) is 0 Å². The van der Waals surface area contributed by atoms with Crippen molar-refractivity contribution in [3.05, 3.63) is 12.7 Å². The van der Waals surface area contributed by atoms with E-state index in [0.717, 1.165) is 16.5 Å². The van der Waals surface area contributed by atoms with Crippen LogP contribution in [0.5, 0.6) is 0 Å². The zero-order valence-electron chi connectivity index (χ0n) is 4.55. The first-order chi connectivity index (χ1) is 3.31. The Kier molecular flexibility index (Phi) is 4.31. The van der Waals surface area contributed by atoms with Gasteiger partial charge in [-0.2, -0.15) is 0 Å². The molecule has 1 unspecified atom stereocenters. The van der Waals surface area contributed by atoms with E-state index in [0.29, 0.717) is 0 Å². The van der Waals surface area contributed by atoms with Crippen LogP contribution in [0.25, 0.3) is 0 Å². The fourth-order valence-electron chi connectivity index (χ4n) is 0.260. The Morgan fingerprint density at radius 2 is 2.57 bits per heavy atom.